The molecule has 0 aliphatic heterocycles. The van der Waals surface area contributed by atoms with Crippen LogP contribution >= 0.6 is 0 Å². The molecule has 18 heavy (non-hydrogen) atoms. The van der Waals surface area contributed by atoms with Gasteiger partial charge in [-0.05, 0) is 32.9 Å². The summed E-state index contributed by atoms with van der Waals surface area (Å²) < 4.78 is 36.1. The van der Waals surface area contributed by atoms with E-state index in [9.17, 15) is 13.2 Å². The highest BCUT2D eigenvalue weighted by molar-refractivity contribution is 7.86. The van der Waals surface area contributed by atoms with Gasteiger partial charge in [0, 0.05) is 0 Å². The van der Waals surface area contributed by atoms with Crippen LogP contribution in [0.2, 0.25) is 0 Å². The van der Waals surface area contributed by atoms with Crippen LogP contribution in [0.4, 0.5) is 10.5 Å². The Balaban J connectivity index is 2.96. The van der Waals surface area contributed by atoms with Crippen molar-refractivity contribution in [2.24, 2.45) is 0 Å². The topological polar surface area (TPSA) is 92.7 Å². The van der Waals surface area contributed by atoms with Gasteiger partial charge >= 0.3 is 6.09 Å². The SMILES string of the molecule is CC(C)(C)OC(=O)Nc1ccccc1S(=O)(=O)O. The molecule has 1 aromatic carbocycles. The Kier molecular flexibility index (Phi) is 3.98. The van der Waals surface area contributed by atoms with E-state index in [0.717, 1.165) is 0 Å². The minimum atomic E-state index is -4.39. The fraction of sp³-hybridized carbons (Fsp3) is 0.364. The van der Waals surface area contributed by atoms with Crippen molar-refractivity contribution >= 4 is 21.9 Å². The largest absolute Gasteiger partial charge is 0.444 e. The summed E-state index contributed by atoms with van der Waals surface area (Å²) in [6, 6.07) is 5.50. The second-order valence-electron chi connectivity index (χ2n) is 4.60. The number of nitrogens with one attached hydrogen (secondary N) is 1. The van der Waals surface area contributed by atoms with Crippen molar-refractivity contribution in [3.8, 4) is 0 Å². The molecule has 1 rings (SSSR count). The summed E-state index contributed by atoms with van der Waals surface area (Å²) in [5.74, 6) is 0. The monoisotopic (exact) mass is 273 g/mol. The number of anilines is 1. The van der Waals surface area contributed by atoms with Crippen molar-refractivity contribution < 1.29 is 22.5 Å². The van der Waals surface area contributed by atoms with Crippen LogP contribution in [0.25, 0.3) is 0 Å². The predicted octanol–water partition coefficient (Wildman–Crippen LogP) is 2.28. The van der Waals surface area contributed by atoms with E-state index in [4.69, 9.17) is 9.29 Å². The molecule has 0 aliphatic carbocycles. The predicted molar refractivity (Wildman–Crippen MR) is 66.1 cm³/mol. The summed E-state index contributed by atoms with van der Waals surface area (Å²) in [6.07, 6.45) is -0.793. The Morgan fingerprint density at radius 3 is 2.33 bits per heavy atom. The quantitative estimate of drug-likeness (QED) is 0.806. The summed E-state index contributed by atoms with van der Waals surface area (Å²) in [5, 5.41) is 2.27. The molecule has 0 heterocycles. The van der Waals surface area contributed by atoms with E-state index in [-0.39, 0.29) is 10.6 Å². The second-order valence-corrected chi connectivity index (χ2v) is 5.99. The van der Waals surface area contributed by atoms with Crippen LogP contribution in [0.3, 0.4) is 0 Å². The maximum Gasteiger partial charge on any atom is 0.412 e. The van der Waals surface area contributed by atoms with E-state index in [1.54, 1.807) is 20.8 Å². The summed E-state index contributed by atoms with van der Waals surface area (Å²) in [5.41, 5.74) is -0.730. The molecule has 0 bridgehead atoms. The number of rotatable bonds is 2. The minimum Gasteiger partial charge on any atom is -0.444 e. The normalized spacial score (nSPS) is 12.0. The van der Waals surface area contributed by atoms with Crippen molar-refractivity contribution in [2.45, 2.75) is 31.3 Å². The number of hydrogen-bond donors (Lipinski definition) is 2. The lowest BCUT2D eigenvalue weighted by atomic mass is 10.2. The van der Waals surface area contributed by atoms with Gasteiger partial charge in [-0.1, -0.05) is 12.1 Å². The van der Waals surface area contributed by atoms with Gasteiger partial charge in [-0.3, -0.25) is 9.87 Å². The van der Waals surface area contributed by atoms with Gasteiger partial charge in [0.25, 0.3) is 10.1 Å². The minimum absolute atomic E-state index is 0.0331. The molecule has 0 radical (unpaired) electrons. The average molecular weight is 273 g/mol. The van der Waals surface area contributed by atoms with Crippen LogP contribution in [-0.2, 0) is 14.9 Å². The number of para-hydroxylation sites is 1. The number of carbonyl (C=O) groups is 1. The van der Waals surface area contributed by atoms with Crippen molar-refractivity contribution in [2.75, 3.05) is 5.32 Å². The number of hydrogen-bond acceptors (Lipinski definition) is 4. The van der Waals surface area contributed by atoms with Gasteiger partial charge in [-0.2, -0.15) is 8.42 Å². The molecular formula is C11H15NO5S. The number of benzene rings is 1. The van der Waals surface area contributed by atoms with Gasteiger partial charge in [0.2, 0.25) is 0 Å². The molecule has 0 fully saturated rings. The maximum absolute atomic E-state index is 11.5. The summed E-state index contributed by atoms with van der Waals surface area (Å²) >= 11 is 0. The average Bonchev–Trinajstić information content (AvgIpc) is 2.13. The summed E-state index contributed by atoms with van der Waals surface area (Å²) in [4.78, 5) is 11.1. The van der Waals surface area contributed by atoms with E-state index < -0.39 is 21.8 Å². The first-order chi connectivity index (χ1) is 8.09. The Hall–Kier alpha value is -1.60. The zero-order valence-corrected chi connectivity index (χ0v) is 11.1. The van der Waals surface area contributed by atoms with E-state index in [0.29, 0.717) is 0 Å². The number of carbonyl (C=O) groups excluding carboxylic acids is 1. The van der Waals surface area contributed by atoms with Crippen molar-refractivity contribution in [3.05, 3.63) is 24.3 Å². The highest BCUT2D eigenvalue weighted by Gasteiger charge is 2.20. The fourth-order valence-corrected chi connectivity index (χ4v) is 1.86. The second kappa shape index (κ2) is 4.95. The molecule has 100 valence electrons. The summed E-state index contributed by atoms with van der Waals surface area (Å²) in [6.45, 7) is 5.05. The lowest BCUT2D eigenvalue weighted by Crippen LogP contribution is -2.27. The van der Waals surface area contributed by atoms with Crippen LogP contribution in [0.15, 0.2) is 29.2 Å². The molecule has 0 aromatic heterocycles. The Labute approximate surface area is 106 Å². The van der Waals surface area contributed by atoms with E-state index >= 15 is 0 Å². The van der Waals surface area contributed by atoms with E-state index in [1.165, 1.54) is 24.3 Å². The van der Waals surface area contributed by atoms with Gasteiger partial charge in [0.15, 0.2) is 0 Å². The van der Waals surface area contributed by atoms with Gasteiger partial charge in [0.1, 0.15) is 10.5 Å². The van der Waals surface area contributed by atoms with Gasteiger partial charge in [-0.15, -0.1) is 0 Å². The Morgan fingerprint density at radius 1 is 1.28 bits per heavy atom. The van der Waals surface area contributed by atoms with E-state index in [2.05, 4.69) is 5.32 Å². The fourth-order valence-electron chi connectivity index (χ4n) is 1.21. The van der Waals surface area contributed by atoms with Crippen molar-refractivity contribution in [1.82, 2.24) is 0 Å². The third-order valence-electron chi connectivity index (χ3n) is 1.80. The van der Waals surface area contributed by atoms with Crippen LogP contribution in [0, 0.1) is 0 Å². The number of ether oxygens (including phenoxy) is 1. The van der Waals surface area contributed by atoms with Gasteiger partial charge < -0.3 is 4.74 Å². The third kappa shape index (κ3) is 4.34. The molecule has 1 amide bonds. The molecule has 0 spiro atoms. The zero-order valence-electron chi connectivity index (χ0n) is 10.3. The van der Waals surface area contributed by atoms with E-state index in [1.807, 2.05) is 0 Å². The molecule has 0 atom stereocenters. The molecule has 2 N–H and O–H groups in total. The zero-order chi connectivity index (χ0) is 14.0. The first kappa shape index (κ1) is 14.5. The molecule has 0 saturated carbocycles. The highest BCUT2D eigenvalue weighted by Crippen LogP contribution is 2.21. The van der Waals surface area contributed by atoms with Gasteiger partial charge in [0.05, 0.1) is 5.69 Å². The lowest BCUT2D eigenvalue weighted by molar-refractivity contribution is 0.0635. The third-order valence-corrected chi connectivity index (χ3v) is 2.71. The Morgan fingerprint density at radius 2 is 1.83 bits per heavy atom. The molecule has 0 aliphatic rings. The van der Waals surface area contributed by atoms with Crippen molar-refractivity contribution in [1.29, 1.82) is 0 Å². The molecule has 1 aromatic rings. The number of amides is 1. The smallest absolute Gasteiger partial charge is 0.412 e. The van der Waals surface area contributed by atoms with Crippen LogP contribution in [0.5, 0.6) is 0 Å². The summed E-state index contributed by atoms with van der Waals surface area (Å²) in [7, 11) is -4.39. The maximum atomic E-state index is 11.5. The lowest BCUT2D eigenvalue weighted by Gasteiger charge is -2.20. The standard InChI is InChI=1S/C11H15NO5S/c1-11(2,3)17-10(13)12-8-6-4-5-7-9(8)18(14,15)16/h4-7H,1-3H3,(H,12,13)(H,14,15,16). The molecule has 7 heteroatoms. The van der Waals surface area contributed by atoms with Crippen LogP contribution in [0.1, 0.15) is 20.8 Å². The first-order valence-electron chi connectivity index (χ1n) is 5.16. The van der Waals surface area contributed by atoms with Crippen LogP contribution < -0.4 is 5.32 Å². The molecule has 0 unspecified atom stereocenters. The first-order valence-corrected chi connectivity index (χ1v) is 6.60. The molecular weight excluding hydrogens is 258 g/mol. The molecule has 0 saturated heterocycles. The Bertz CT molecular complexity index is 545. The van der Waals surface area contributed by atoms with Crippen LogP contribution in [-0.4, -0.2) is 24.7 Å². The molecule has 6 nitrogen and oxygen atoms in total. The highest BCUT2D eigenvalue weighted by atomic mass is 32.2. The van der Waals surface area contributed by atoms with Gasteiger partial charge in [-0.25, -0.2) is 4.79 Å². The van der Waals surface area contributed by atoms with Crippen molar-refractivity contribution in [3.63, 3.8) is 0 Å².